The largest absolute Gasteiger partial charge is 0.448 e. The maximum Gasteiger partial charge on any atom is 0.417 e. The highest BCUT2D eigenvalue weighted by atomic mass is 32.2. The second-order valence-electron chi connectivity index (χ2n) is 5.36. The number of benzene rings is 1. The first-order valence-corrected chi connectivity index (χ1v) is 9.14. The van der Waals surface area contributed by atoms with Crippen molar-refractivity contribution in [3.05, 3.63) is 42.1 Å². The van der Waals surface area contributed by atoms with Crippen molar-refractivity contribution in [2.24, 2.45) is 0 Å². The molecule has 0 aliphatic heterocycles. The van der Waals surface area contributed by atoms with Crippen LogP contribution in [0.4, 0.5) is 13.2 Å². The van der Waals surface area contributed by atoms with E-state index >= 15 is 0 Å². The molecule has 0 fully saturated rings. The topological polar surface area (TPSA) is 76.5 Å². The molecule has 5 nitrogen and oxygen atoms in total. The van der Waals surface area contributed by atoms with Crippen molar-refractivity contribution < 1.29 is 31.4 Å². The zero-order valence-electron chi connectivity index (χ0n) is 13.4. The van der Waals surface area contributed by atoms with Gasteiger partial charge in [0.1, 0.15) is 0 Å². The summed E-state index contributed by atoms with van der Waals surface area (Å²) in [5.74, 6) is -0.215. The van der Waals surface area contributed by atoms with Crippen molar-refractivity contribution in [2.75, 3.05) is 6.26 Å². The Labute approximate surface area is 143 Å². The van der Waals surface area contributed by atoms with Crippen molar-refractivity contribution in [2.45, 2.75) is 30.7 Å². The third-order valence-corrected chi connectivity index (χ3v) is 4.46. The molecule has 0 aliphatic carbocycles. The lowest BCUT2D eigenvalue weighted by Crippen LogP contribution is -2.16. The zero-order valence-corrected chi connectivity index (χ0v) is 14.2. The Kier molecular flexibility index (Phi) is 5.38. The molecule has 2 aromatic rings. The van der Waals surface area contributed by atoms with Crippen LogP contribution in [-0.2, 0) is 16.0 Å². The molecular formula is C16H16F3NO4S. The minimum Gasteiger partial charge on any atom is -0.448 e. The molecule has 0 bridgehead atoms. The van der Waals surface area contributed by atoms with Crippen LogP contribution in [0.5, 0.6) is 5.88 Å². The predicted molar refractivity (Wildman–Crippen MR) is 84.7 cm³/mol. The van der Waals surface area contributed by atoms with E-state index in [-0.39, 0.29) is 28.3 Å². The number of sulfone groups is 1. The number of pyridine rings is 1. The Morgan fingerprint density at radius 3 is 2.52 bits per heavy atom. The summed E-state index contributed by atoms with van der Waals surface area (Å²) in [6.07, 6.45) is -4.08. The first-order chi connectivity index (χ1) is 11.5. The summed E-state index contributed by atoms with van der Waals surface area (Å²) in [7, 11) is -3.55. The SMILES string of the molecule is CCC(O)Oc1ncc(C(F)(F)F)cc1-c1cccc(S(C)(=O)=O)c1. The Balaban J connectivity index is 2.64. The van der Waals surface area contributed by atoms with Gasteiger partial charge < -0.3 is 9.84 Å². The minimum absolute atomic E-state index is 0.0515. The number of hydrogen-bond donors (Lipinski definition) is 1. The van der Waals surface area contributed by atoms with Gasteiger partial charge in [0.2, 0.25) is 5.88 Å². The van der Waals surface area contributed by atoms with Crippen LogP contribution >= 0.6 is 0 Å². The maximum absolute atomic E-state index is 13.0. The van der Waals surface area contributed by atoms with E-state index < -0.39 is 27.9 Å². The summed E-state index contributed by atoms with van der Waals surface area (Å²) in [4.78, 5) is 3.60. The van der Waals surface area contributed by atoms with Crippen LogP contribution in [0.15, 0.2) is 41.4 Å². The van der Waals surface area contributed by atoms with Gasteiger partial charge in [-0.25, -0.2) is 13.4 Å². The highest BCUT2D eigenvalue weighted by Crippen LogP contribution is 2.36. The first kappa shape index (κ1) is 19.2. The van der Waals surface area contributed by atoms with Crippen LogP contribution in [0.2, 0.25) is 0 Å². The van der Waals surface area contributed by atoms with E-state index in [1.54, 1.807) is 6.92 Å². The predicted octanol–water partition coefficient (Wildman–Crippen LogP) is 3.28. The molecule has 2 rings (SSSR count). The van der Waals surface area contributed by atoms with Crippen molar-refractivity contribution in [1.29, 1.82) is 0 Å². The molecule has 1 atom stereocenters. The van der Waals surface area contributed by atoms with Crippen molar-refractivity contribution in [3.8, 4) is 17.0 Å². The van der Waals surface area contributed by atoms with Crippen molar-refractivity contribution in [1.82, 2.24) is 4.98 Å². The van der Waals surface area contributed by atoms with Gasteiger partial charge in [-0.05, 0) is 23.8 Å². The van der Waals surface area contributed by atoms with Crippen LogP contribution in [0.3, 0.4) is 0 Å². The summed E-state index contributed by atoms with van der Waals surface area (Å²) in [6.45, 7) is 1.62. The van der Waals surface area contributed by atoms with Gasteiger partial charge in [0.15, 0.2) is 16.1 Å². The van der Waals surface area contributed by atoms with E-state index in [4.69, 9.17) is 4.74 Å². The fourth-order valence-electron chi connectivity index (χ4n) is 2.01. The molecule has 9 heteroatoms. The van der Waals surface area contributed by atoms with Gasteiger partial charge in [-0.3, -0.25) is 0 Å². The lowest BCUT2D eigenvalue weighted by atomic mass is 10.1. The number of aromatic nitrogens is 1. The van der Waals surface area contributed by atoms with Gasteiger partial charge in [0, 0.05) is 24.4 Å². The summed E-state index contributed by atoms with van der Waals surface area (Å²) in [5, 5.41) is 9.62. The number of hydrogen-bond acceptors (Lipinski definition) is 5. The molecule has 1 aromatic carbocycles. The van der Waals surface area contributed by atoms with Crippen LogP contribution in [0, 0.1) is 0 Å². The molecule has 1 aromatic heterocycles. The van der Waals surface area contributed by atoms with E-state index in [1.807, 2.05) is 0 Å². The molecule has 0 aliphatic rings. The first-order valence-electron chi connectivity index (χ1n) is 7.25. The second kappa shape index (κ2) is 7.01. The number of rotatable bonds is 5. The molecule has 0 spiro atoms. The lowest BCUT2D eigenvalue weighted by molar-refractivity contribution is -0.137. The molecule has 25 heavy (non-hydrogen) atoms. The highest BCUT2D eigenvalue weighted by Gasteiger charge is 2.32. The fourth-order valence-corrected chi connectivity index (χ4v) is 2.68. The van der Waals surface area contributed by atoms with E-state index in [1.165, 1.54) is 24.3 Å². The van der Waals surface area contributed by atoms with Gasteiger partial charge in [-0.15, -0.1) is 0 Å². The standard InChI is InChI=1S/C16H16F3NO4S/c1-3-14(21)24-15-13(8-11(9-20-15)16(17,18)19)10-5-4-6-12(7-10)25(2,22)23/h4-9,14,21H,3H2,1-2H3. The van der Waals surface area contributed by atoms with Gasteiger partial charge in [-0.2, -0.15) is 13.2 Å². The molecule has 0 radical (unpaired) electrons. The summed E-state index contributed by atoms with van der Waals surface area (Å²) >= 11 is 0. The number of halogens is 3. The van der Waals surface area contributed by atoms with Gasteiger partial charge in [-0.1, -0.05) is 19.1 Å². The number of aliphatic hydroxyl groups is 1. The smallest absolute Gasteiger partial charge is 0.417 e. The van der Waals surface area contributed by atoms with Crippen LogP contribution in [0.25, 0.3) is 11.1 Å². The van der Waals surface area contributed by atoms with Gasteiger partial charge in [0.05, 0.1) is 10.5 Å². The number of aliphatic hydroxyl groups excluding tert-OH is 1. The van der Waals surface area contributed by atoms with E-state index in [0.29, 0.717) is 6.20 Å². The molecule has 136 valence electrons. The van der Waals surface area contributed by atoms with Crippen LogP contribution < -0.4 is 4.74 Å². The Morgan fingerprint density at radius 1 is 1.28 bits per heavy atom. The molecule has 1 heterocycles. The van der Waals surface area contributed by atoms with Crippen molar-refractivity contribution in [3.63, 3.8) is 0 Å². The zero-order chi connectivity index (χ0) is 18.8. The summed E-state index contributed by atoms with van der Waals surface area (Å²) in [5.41, 5.74) is -0.891. The number of nitrogens with zero attached hydrogens (tertiary/aromatic N) is 1. The summed E-state index contributed by atoms with van der Waals surface area (Å²) < 4.78 is 67.5. The quantitative estimate of drug-likeness (QED) is 0.812. The lowest BCUT2D eigenvalue weighted by Gasteiger charge is -2.16. The van der Waals surface area contributed by atoms with E-state index in [0.717, 1.165) is 12.3 Å². The normalized spacial score (nSPS) is 13.5. The fraction of sp³-hybridized carbons (Fsp3) is 0.312. The number of alkyl halides is 3. The maximum atomic E-state index is 13.0. The van der Waals surface area contributed by atoms with E-state index in [9.17, 15) is 26.7 Å². The Hall–Kier alpha value is -2.13. The monoisotopic (exact) mass is 375 g/mol. The molecule has 0 saturated carbocycles. The molecule has 1 N–H and O–H groups in total. The molecule has 0 saturated heterocycles. The third-order valence-electron chi connectivity index (χ3n) is 3.35. The average molecular weight is 375 g/mol. The third kappa shape index (κ3) is 4.70. The second-order valence-corrected chi connectivity index (χ2v) is 7.37. The van der Waals surface area contributed by atoms with Gasteiger partial charge in [0.25, 0.3) is 0 Å². The van der Waals surface area contributed by atoms with E-state index in [2.05, 4.69) is 4.98 Å². The molecule has 0 amide bonds. The van der Waals surface area contributed by atoms with Crippen molar-refractivity contribution >= 4 is 9.84 Å². The summed E-state index contributed by atoms with van der Waals surface area (Å²) in [6, 6.07) is 6.23. The highest BCUT2D eigenvalue weighted by molar-refractivity contribution is 7.90. The van der Waals surface area contributed by atoms with Crippen LogP contribution in [0.1, 0.15) is 18.9 Å². The number of ether oxygens (including phenoxy) is 1. The minimum atomic E-state index is -4.63. The average Bonchev–Trinajstić information content (AvgIpc) is 2.53. The molecule has 1 unspecified atom stereocenters. The Bertz CT molecular complexity index is 866. The Morgan fingerprint density at radius 2 is 1.96 bits per heavy atom. The van der Waals surface area contributed by atoms with Gasteiger partial charge >= 0.3 is 6.18 Å². The molecular weight excluding hydrogens is 359 g/mol. The van der Waals surface area contributed by atoms with Crippen LogP contribution in [-0.4, -0.2) is 31.1 Å².